The third kappa shape index (κ3) is 5.62. The molecule has 36 heavy (non-hydrogen) atoms. The van der Waals surface area contributed by atoms with E-state index in [4.69, 9.17) is 9.47 Å². The second-order valence-electron chi connectivity index (χ2n) is 8.86. The van der Waals surface area contributed by atoms with Gasteiger partial charge in [0.1, 0.15) is 11.5 Å². The largest absolute Gasteiger partial charge is 0.497 e. The van der Waals surface area contributed by atoms with Crippen LogP contribution in [0.1, 0.15) is 49.4 Å². The second kappa shape index (κ2) is 11.5. The van der Waals surface area contributed by atoms with Crippen molar-refractivity contribution in [3.63, 3.8) is 0 Å². The summed E-state index contributed by atoms with van der Waals surface area (Å²) in [6, 6.07) is 21.8. The van der Waals surface area contributed by atoms with Crippen LogP contribution in [0.2, 0.25) is 0 Å². The third-order valence-corrected chi connectivity index (χ3v) is 7.11. The molecule has 0 aliphatic carbocycles. The van der Waals surface area contributed by atoms with Crippen molar-refractivity contribution in [3.05, 3.63) is 98.4 Å². The fourth-order valence-electron chi connectivity index (χ4n) is 4.52. The first kappa shape index (κ1) is 26.3. The quantitative estimate of drug-likeness (QED) is 0.294. The molecule has 0 aromatic heterocycles. The van der Waals surface area contributed by atoms with Gasteiger partial charge >= 0.3 is 6.03 Å². The number of hydrogen-bond acceptors (Lipinski definition) is 3. The SMILES string of the molecule is CCNC(=O)N1C(c2ccc(OC)cc2OC(C)C)=C[C@@H](c2ccc(Br)cc2)C1c1ccc(Br)cc1. The Kier molecular flexibility index (Phi) is 8.42. The molecule has 188 valence electrons. The number of halogens is 2. The molecule has 4 rings (SSSR count). The molecule has 1 unspecified atom stereocenters. The smallest absolute Gasteiger partial charge is 0.322 e. The molecule has 0 saturated carbocycles. The van der Waals surface area contributed by atoms with Crippen LogP contribution in [0.15, 0.2) is 81.8 Å². The summed E-state index contributed by atoms with van der Waals surface area (Å²) in [7, 11) is 1.64. The van der Waals surface area contributed by atoms with E-state index in [2.05, 4.69) is 67.5 Å². The Morgan fingerprint density at radius 2 is 1.58 bits per heavy atom. The Labute approximate surface area is 229 Å². The summed E-state index contributed by atoms with van der Waals surface area (Å²) in [5, 5.41) is 3.03. The Morgan fingerprint density at radius 3 is 2.14 bits per heavy atom. The van der Waals surface area contributed by atoms with Crippen molar-refractivity contribution < 1.29 is 14.3 Å². The van der Waals surface area contributed by atoms with E-state index in [9.17, 15) is 4.79 Å². The van der Waals surface area contributed by atoms with E-state index in [-0.39, 0.29) is 24.1 Å². The van der Waals surface area contributed by atoms with Crippen LogP contribution >= 0.6 is 31.9 Å². The molecule has 7 heteroatoms. The van der Waals surface area contributed by atoms with Gasteiger partial charge in [-0.05, 0) is 74.4 Å². The maximum Gasteiger partial charge on any atom is 0.322 e. The second-order valence-corrected chi connectivity index (χ2v) is 10.7. The summed E-state index contributed by atoms with van der Waals surface area (Å²) in [5.41, 5.74) is 3.82. The Balaban J connectivity index is 1.93. The molecular weight excluding hydrogens is 584 g/mol. The lowest BCUT2D eigenvalue weighted by Gasteiger charge is -2.32. The average Bonchev–Trinajstić information content (AvgIpc) is 3.25. The van der Waals surface area contributed by atoms with Gasteiger partial charge in [-0.1, -0.05) is 56.1 Å². The highest BCUT2D eigenvalue weighted by molar-refractivity contribution is 9.10. The van der Waals surface area contributed by atoms with Gasteiger partial charge in [-0.15, -0.1) is 0 Å². The number of benzene rings is 3. The molecule has 3 aromatic carbocycles. The number of rotatable bonds is 7. The van der Waals surface area contributed by atoms with E-state index in [1.54, 1.807) is 7.11 Å². The summed E-state index contributed by atoms with van der Waals surface area (Å²) in [6.07, 6.45) is 2.14. The number of nitrogens with zero attached hydrogens (tertiary/aromatic N) is 1. The van der Waals surface area contributed by atoms with Crippen molar-refractivity contribution in [2.75, 3.05) is 13.7 Å². The van der Waals surface area contributed by atoms with Crippen LogP contribution in [0.4, 0.5) is 4.79 Å². The zero-order chi connectivity index (χ0) is 25.8. The van der Waals surface area contributed by atoms with E-state index < -0.39 is 0 Å². The number of carbonyl (C=O) groups is 1. The molecule has 3 aromatic rings. The number of amides is 2. The Bertz CT molecular complexity index is 1240. The minimum absolute atomic E-state index is 0.0414. The topological polar surface area (TPSA) is 50.8 Å². The van der Waals surface area contributed by atoms with Crippen molar-refractivity contribution in [2.45, 2.75) is 38.8 Å². The summed E-state index contributed by atoms with van der Waals surface area (Å²) in [4.78, 5) is 15.5. The molecule has 2 amide bonds. The molecule has 1 aliphatic rings. The fraction of sp³-hybridized carbons (Fsp3) is 0.276. The van der Waals surface area contributed by atoms with Crippen LogP contribution in [0, 0.1) is 0 Å². The average molecular weight is 614 g/mol. The normalized spacial score (nSPS) is 17.2. The molecule has 1 aliphatic heterocycles. The van der Waals surface area contributed by atoms with Crippen molar-refractivity contribution >= 4 is 43.6 Å². The van der Waals surface area contributed by atoms with Gasteiger partial charge in [-0.3, -0.25) is 4.90 Å². The molecule has 0 spiro atoms. The van der Waals surface area contributed by atoms with E-state index in [0.717, 1.165) is 31.3 Å². The maximum absolute atomic E-state index is 13.7. The van der Waals surface area contributed by atoms with E-state index in [1.807, 2.05) is 68.1 Å². The van der Waals surface area contributed by atoms with Crippen LogP contribution in [0.3, 0.4) is 0 Å². The van der Waals surface area contributed by atoms with Crippen LogP contribution in [0.5, 0.6) is 11.5 Å². The number of carbonyl (C=O) groups excluding carboxylic acids is 1. The van der Waals surface area contributed by atoms with Crippen molar-refractivity contribution in [1.29, 1.82) is 0 Å². The summed E-state index contributed by atoms with van der Waals surface area (Å²) < 4.78 is 13.7. The first-order chi connectivity index (χ1) is 17.3. The molecule has 0 radical (unpaired) electrons. The number of urea groups is 1. The van der Waals surface area contributed by atoms with Gasteiger partial charge in [0.2, 0.25) is 0 Å². The highest BCUT2D eigenvalue weighted by Gasteiger charge is 2.41. The molecular formula is C29H30Br2N2O3. The van der Waals surface area contributed by atoms with E-state index in [1.165, 1.54) is 0 Å². The molecule has 0 saturated heterocycles. The first-order valence-electron chi connectivity index (χ1n) is 12.0. The van der Waals surface area contributed by atoms with Gasteiger partial charge in [0.15, 0.2) is 0 Å². The van der Waals surface area contributed by atoms with Crippen LogP contribution in [-0.4, -0.2) is 30.7 Å². The van der Waals surface area contributed by atoms with E-state index >= 15 is 0 Å². The van der Waals surface area contributed by atoms with Gasteiger partial charge in [-0.25, -0.2) is 4.79 Å². The highest BCUT2D eigenvalue weighted by atomic mass is 79.9. The predicted octanol–water partition coefficient (Wildman–Crippen LogP) is 7.92. The zero-order valence-electron chi connectivity index (χ0n) is 20.8. The first-order valence-corrected chi connectivity index (χ1v) is 13.6. The number of hydrogen-bond donors (Lipinski definition) is 1. The van der Waals surface area contributed by atoms with Crippen molar-refractivity contribution in [1.82, 2.24) is 10.2 Å². The van der Waals surface area contributed by atoms with Gasteiger partial charge < -0.3 is 14.8 Å². The molecule has 1 heterocycles. The van der Waals surface area contributed by atoms with Crippen LogP contribution < -0.4 is 14.8 Å². The molecule has 2 atom stereocenters. The van der Waals surface area contributed by atoms with Gasteiger partial charge in [-0.2, -0.15) is 0 Å². The maximum atomic E-state index is 13.7. The molecule has 0 fully saturated rings. The van der Waals surface area contributed by atoms with Crippen molar-refractivity contribution in [3.8, 4) is 11.5 Å². The summed E-state index contributed by atoms with van der Waals surface area (Å²) in [5.74, 6) is 1.31. The number of ether oxygens (including phenoxy) is 2. The Hall–Kier alpha value is -2.77. The number of methoxy groups -OCH3 is 1. The van der Waals surface area contributed by atoms with E-state index in [0.29, 0.717) is 18.0 Å². The zero-order valence-corrected chi connectivity index (χ0v) is 24.0. The van der Waals surface area contributed by atoms with Crippen LogP contribution in [-0.2, 0) is 0 Å². The highest BCUT2D eigenvalue weighted by Crippen LogP contribution is 2.50. The lowest BCUT2D eigenvalue weighted by molar-refractivity contribution is 0.205. The standard InChI is InChI=1S/C29H30Br2N2O3/c1-5-32-29(34)33-26(24-15-14-23(35-4)16-27(24)36-18(2)3)17-25(19-6-10-21(30)11-7-19)28(33)20-8-12-22(31)13-9-20/h6-18,25,28H,5H2,1-4H3,(H,32,34)/t25-,28?/m0/s1. The predicted molar refractivity (Wildman–Crippen MR) is 151 cm³/mol. The lowest BCUT2D eigenvalue weighted by Crippen LogP contribution is -2.40. The van der Waals surface area contributed by atoms with Crippen LogP contribution in [0.25, 0.3) is 5.70 Å². The minimum Gasteiger partial charge on any atom is -0.497 e. The summed E-state index contributed by atoms with van der Waals surface area (Å²) in [6.45, 7) is 6.43. The third-order valence-electron chi connectivity index (χ3n) is 6.06. The van der Waals surface area contributed by atoms with Gasteiger partial charge in [0.05, 0.1) is 25.0 Å². The monoisotopic (exact) mass is 612 g/mol. The fourth-order valence-corrected chi connectivity index (χ4v) is 5.04. The van der Waals surface area contributed by atoms with Gasteiger partial charge in [0, 0.05) is 33.0 Å². The minimum atomic E-state index is -0.241. The molecule has 1 N–H and O–H groups in total. The number of nitrogens with one attached hydrogen (secondary N) is 1. The summed E-state index contributed by atoms with van der Waals surface area (Å²) >= 11 is 7.09. The van der Waals surface area contributed by atoms with Gasteiger partial charge in [0.25, 0.3) is 0 Å². The molecule has 5 nitrogen and oxygen atoms in total. The van der Waals surface area contributed by atoms with Crippen molar-refractivity contribution in [2.24, 2.45) is 0 Å². The Morgan fingerprint density at radius 1 is 0.972 bits per heavy atom. The lowest BCUT2D eigenvalue weighted by atomic mass is 9.88. The molecule has 0 bridgehead atoms.